The molecule has 5 nitrogen and oxygen atoms in total. The van der Waals surface area contributed by atoms with E-state index in [2.05, 4.69) is 182 Å². The molecule has 4 heterocycles. The van der Waals surface area contributed by atoms with Crippen LogP contribution >= 0.6 is 0 Å². The van der Waals surface area contributed by atoms with Gasteiger partial charge in [-0.05, 0) is 51.5 Å². The molecular weight excluding hydrogens is 856 g/mol. The Balaban J connectivity index is 0.00000427. The van der Waals surface area contributed by atoms with E-state index in [4.69, 9.17) is 9.72 Å². The van der Waals surface area contributed by atoms with Crippen LogP contribution < -0.4 is 13.9 Å². The fourth-order valence-electron chi connectivity index (χ4n) is 8.69. The third-order valence-corrected chi connectivity index (χ3v) is 11.8. The van der Waals surface area contributed by atoms with Gasteiger partial charge in [0.15, 0.2) is 12.4 Å². The number of pyridine rings is 1. The van der Waals surface area contributed by atoms with Crippen LogP contribution in [0.4, 0.5) is 22.7 Å². The minimum absolute atomic E-state index is 0. The van der Waals surface area contributed by atoms with Crippen molar-refractivity contribution < 1.29 is 25.8 Å². The molecule has 0 spiro atoms. The zero-order valence-corrected chi connectivity index (χ0v) is 35.3. The van der Waals surface area contributed by atoms with Gasteiger partial charge in [0.05, 0.1) is 5.69 Å². The van der Waals surface area contributed by atoms with E-state index < -0.39 is 0 Å². The summed E-state index contributed by atoms with van der Waals surface area (Å²) in [5.74, 6) is 2.64. The van der Waals surface area contributed by atoms with Crippen molar-refractivity contribution in [3.05, 3.63) is 151 Å². The first-order chi connectivity index (χ1) is 25.9. The monoisotopic (exact) mass is 904 g/mol. The molecule has 2 aliphatic heterocycles. The number of rotatable bonds is 8. The summed E-state index contributed by atoms with van der Waals surface area (Å²) >= 11 is 0. The van der Waals surface area contributed by atoms with Crippen molar-refractivity contribution in [1.29, 1.82) is 0 Å². The van der Waals surface area contributed by atoms with E-state index in [1.54, 1.807) is 0 Å². The maximum absolute atomic E-state index is 6.87. The second-order valence-corrected chi connectivity index (χ2v) is 17.1. The fraction of sp³-hybridized carbons (Fsp3) is 0.265. The summed E-state index contributed by atoms with van der Waals surface area (Å²) < 4.78 is 10.3. The predicted octanol–water partition coefficient (Wildman–Crippen LogP) is 13.4. The van der Waals surface area contributed by atoms with Crippen LogP contribution in [0, 0.1) is 18.8 Å². The van der Waals surface area contributed by atoms with Crippen LogP contribution in [0.25, 0.3) is 27.6 Å². The molecular formula is C49H49N4OPt-. The summed E-state index contributed by atoms with van der Waals surface area (Å²) in [6, 6.07) is 47.1. The van der Waals surface area contributed by atoms with Gasteiger partial charge in [0.2, 0.25) is 11.4 Å². The van der Waals surface area contributed by atoms with E-state index in [9.17, 15) is 0 Å². The van der Waals surface area contributed by atoms with Crippen LogP contribution in [0.5, 0.6) is 11.5 Å². The van der Waals surface area contributed by atoms with Crippen LogP contribution in [-0.2, 0) is 31.9 Å². The molecule has 0 bridgehead atoms. The van der Waals surface area contributed by atoms with Gasteiger partial charge >= 0.3 is 0 Å². The molecule has 2 aliphatic rings. The number of aromatic nitrogens is 2. The summed E-state index contributed by atoms with van der Waals surface area (Å²) in [5, 5.41) is 2.28. The van der Waals surface area contributed by atoms with E-state index >= 15 is 0 Å². The van der Waals surface area contributed by atoms with Crippen molar-refractivity contribution in [3.8, 4) is 17.3 Å². The maximum Gasteiger partial charge on any atom is 0.225 e. The first kappa shape index (κ1) is 37.4. The molecule has 2 aromatic heterocycles. The molecule has 0 saturated carbocycles. The molecule has 55 heavy (non-hydrogen) atoms. The van der Waals surface area contributed by atoms with Crippen molar-refractivity contribution in [2.45, 2.75) is 85.0 Å². The molecule has 7 aromatic rings. The van der Waals surface area contributed by atoms with Gasteiger partial charge in [-0.3, -0.25) is 0 Å². The number of quaternary nitrogens is 2. The molecule has 1 unspecified atom stereocenters. The van der Waals surface area contributed by atoms with Gasteiger partial charge in [-0.15, -0.1) is 35.2 Å². The summed E-state index contributed by atoms with van der Waals surface area (Å²) in [4.78, 5) is 4.88. The number of ether oxygens (including phenoxy) is 1. The van der Waals surface area contributed by atoms with Crippen LogP contribution in [-0.4, -0.2) is 9.55 Å². The predicted molar refractivity (Wildman–Crippen MR) is 224 cm³/mol. The molecule has 5 aromatic carbocycles. The molecule has 0 N–H and O–H groups in total. The van der Waals surface area contributed by atoms with Gasteiger partial charge in [-0.25, -0.2) is 9.58 Å². The SMILES string of the molecule is CCC(CC)c1cc(Oc2[c-]c3c(cc2)c2ccccc2n3-c2cc(C(C)(C)C)ccn2)[c-]c([N+]23[CH-][N@+]2(c2cccc(C(C)(C)C)c2)c2ccccc23)c1.[Pt]. The summed E-state index contributed by atoms with van der Waals surface area (Å²) in [6.45, 7) is 20.6. The molecule has 6 heteroatoms. The van der Waals surface area contributed by atoms with Gasteiger partial charge in [-0.1, -0.05) is 122 Å². The smallest absolute Gasteiger partial charge is 0.225 e. The van der Waals surface area contributed by atoms with Crippen molar-refractivity contribution in [3.63, 3.8) is 0 Å². The fourth-order valence-corrected chi connectivity index (χ4v) is 8.69. The van der Waals surface area contributed by atoms with Crippen LogP contribution in [0.3, 0.4) is 0 Å². The molecule has 0 radical (unpaired) electrons. The Labute approximate surface area is 340 Å². The van der Waals surface area contributed by atoms with Crippen molar-refractivity contribution >= 4 is 44.6 Å². The van der Waals surface area contributed by atoms with E-state index in [1.165, 1.54) is 33.8 Å². The zero-order valence-electron chi connectivity index (χ0n) is 33.1. The Morgan fingerprint density at radius 1 is 0.691 bits per heavy atom. The molecule has 1 fully saturated rings. The number of hydrogen-bond donors (Lipinski definition) is 0. The average molecular weight is 905 g/mol. The number of benzene rings is 5. The molecule has 0 aliphatic carbocycles. The first-order valence-corrected chi connectivity index (χ1v) is 19.4. The molecule has 2 atom stereocenters. The largest absolute Gasteiger partial charge is 0.509 e. The van der Waals surface area contributed by atoms with Gasteiger partial charge in [0.25, 0.3) is 0 Å². The van der Waals surface area contributed by atoms with Crippen molar-refractivity contribution in [2.24, 2.45) is 0 Å². The standard InChI is InChI=1S/C49H49N4O.Pt/c1-9-33(10-2)34-26-38(53-32-52(53,45-20-13-14-21-46(45)53)37-17-15-16-35(28-37)48(3,4)5)30-40(27-34)54-39-22-23-42-41-18-11-12-19-43(41)51(44(42)31-39)47-29-36(24-25-50-47)49(6,7)8;/h11-29,32-33H,9-10H2,1-8H3;/q-1;/t52-,53?;/m0./s1. The minimum Gasteiger partial charge on any atom is -0.509 e. The van der Waals surface area contributed by atoms with Crippen LogP contribution in [0.15, 0.2) is 115 Å². The number of hydrogen-bond acceptors (Lipinski definition) is 2. The van der Waals surface area contributed by atoms with Crippen LogP contribution in [0.2, 0.25) is 0 Å². The number of para-hydroxylation sites is 3. The first-order valence-electron chi connectivity index (χ1n) is 19.4. The van der Waals surface area contributed by atoms with Gasteiger partial charge in [0, 0.05) is 68.5 Å². The Hall–Kier alpha value is -4.54. The van der Waals surface area contributed by atoms with E-state index in [1.807, 2.05) is 12.3 Å². The van der Waals surface area contributed by atoms with Gasteiger partial charge in [-0.2, -0.15) is 10.7 Å². The Morgan fingerprint density at radius 2 is 1.38 bits per heavy atom. The number of nitrogens with zero attached hydrogens (tertiary/aromatic N) is 4. The zero-order chi connectivity index (χ0) is 37.6. The quantitative estimate of drug-likeness (QED) is 0.0863. The van der Waals surface area contributed by atoms with Crippen LogP contribution in [0.1, 0.15) is 90.8 Å². The van der Waals surface area contributed by atoms with E-state index in [0.29, 0.717) is 26.6 Å². The Kier molecular flexibility index (Phi) is 9.04. The van der Waals surface area contributed by atoms with E-state index in [-0.39, 0.29) is 31.9 Å². The number of fused-ring (bicyclic) bond motifs is 7. The third-order valence-electron chi connectivity index (χ3n) is 11.8. The third kappa shape index (κ3) is 5.73. The molecule has 0 amide bonds. The van der Waals surface area contributed by atoms with Gasteiger partial charge in [0.1, 0.15) is 5.82 Å². The minimum atomic E-state index is -0.00846. The summed E-state index contributed by atoms with van der Waals surface area (Å²) in [6.07, 6.45) is 4.01. The topological polar surface area (TPSA) is 27.1 Å². The molecule has 282 valence electrons. The summed E-state index contributed by atoms with van der Waals surface area (Å²) in [5.41, 5.74) is 10.9. The van der Waals surface area contributed by atoms with Crippen molar-refractivity contribution in [1.82, 2.24) is 18.7 Å². The Morgan fingerprint density at radius 3 is 2.11 bits per heavy atom. The Bertz CT molecular complexity index is 2590. The molecule has 1 saturated heterocycles. The van der Waals surface area contributed by atoms with Gasteiger partial charge < -0.3 is 9.30 Å². The van der Waals surface area contributed by atoms with E-state index in [0.717, 1.165) is 46.2 Å². The second-order valence-electron chi connectivity index (χ2n) is 17.1. The average Bonchev–Trinajstić information content (AvgIpc) is 3.65. The molecule has 9 rings (SSSR count). The summed E-state index contributed by atoms with van der Waals surface area (Å²) in [7, 11) is 0. The van der Waals surface area contributed by atoms with Crippen molar-refractivity contribution in [2.75, 3.05) is 0 Å². The maximum atomic E-state index is 6.87. The normalized spacial score (nSPS) is 18.8. The second kappa shape index (κ2) is 13.3.